The van der Waals surface area contributed by atoms with E-state index in [4.69, 9.17) is 4.74 Å². The summed E-state index contributed by atoms with van der Waals surface area (Å²) in [5, 5.41) is 0.659. The molecule has 0 aliphatic carbocycles. The maximum absolute atomic E-state index is 12.6. The van der Waals surface area contributed by atoms with Crippen LogP contribution in [0.4, 0.5) is 0 Å². The third-order valence-corrected chi connectivity index (χ3v) is 4.41. The molecule has 0 N–H and O–H groups in total. The fourth-order valence-electron chi connectivity index (χ4n) is 2.58. The summed E-state index contributed by atoms with van der Waals surface area (Å²) in [5.41, 5.74) is 0.936. The molecule has 1 aliphatic rings. The molecule has 1 amide bonds. The van der Waals surface area contributed by atoms with Gasteiger partial charge in [0.1, 0.15) is 4.88 Å². The van der Waals surface area contributed by atoms with E-state index < -0.39 is 0 Å². The standard InChI is InChI=1S/C18H18N2O2S/c1-13-11-20(12-14(2)22-13)18(21)16-10-19-17(23-16)9-8-15-6-4-3-5-7-15/h3-7,10,13-14H,11-12H2,1-2H3. The Morgan fingerprint density at radius 2 is 1.91 bits per heavy atom. The predicted octanol–water partition coefficient (Wildman–Crippen LogP) is 2.79. The Morgan fingerprint density at radius 3 is 2.61 bits per heavy atom. The lowest BCUT2D eigenvalue weighted by atomic mass is 10.2. The normalized spacial score (nSPS) is 20.7. The fraction of sp³-hybridized carbons (Fsp3) is 0.333. The number of hydrogen-bond acceptors (Lipinski definition) is 4. The average Bonchev–Trinajstić information content (AvgIpc) is 3.01. The second-order valence-corrected chi connectivity index (χ2v) is 6.64. The monoisotopic (exact) mass is 326 g/mol. The number of carbonyl (C=O) groups is 1. The topological polar surface area (TPSA) is 42.4 Å². The molecule has 2 aromatic rings. The number of rotatable bonds is 1. The SMILES string of the molecule is CC1CN(C(=O)c2cnc(C#Cc3ccccc3)s2)CC(C)O1. The Kier molecular flexibility index (Phi) is 4.75. The van der Waals surface area contributed by atoms with Crippen molar-refractivity contribution in [3.05, 3.63) is 52.0 Å². The molecule has 1 aromatic heterocycles. The second kappa shape index (κ2) is 6.95. The zero-order valence-electron chi connectivity index (χ0n) is 13.2. The molecule has 2 atom stereocenters. The molecule has 2 heterocycles. The molecule has 23 heavy (non-hydrogen) atoms. The van der Waals surface area contributed by atoms with Crippen molar-refractivity contribution >= 4 is 17.2 Å². The molecule has 4 nitrogen and oxygen atoms in total. The van der Waals surface area contributed by atoms with Gasteiger partial charge in [-0.25, -0.2) is 4.98 Å². The van der Waals surface area contributed by atoms with Crippen LogP contribution < -0.4 is 0 Å². The van der Waals surface area contributed by atoms with Crippen molar-refractivity contribution in [2.45, 2.75) is 26.1 Å². The number of ether oxygens (including phenoxy) is 1. The van der Waals surface area contributed by atoms with Crippen LogP contribution >= 0.6 is 11.3 Å². The highest BCUT2D eigenvalue weighted by molar-refractivity contribution is 7.14. The van der Waals surface area contributed by atoms with E-state index in [1.165, 1.54) is 11.3 Å². The number of hydrogen-bond donors (Lipinski definition) is 0. The molecule has 1 saturated heterocycles. The van der Waals surface area contributed by atoms with Gasteiger partial charge in [0.2, 0.25) is 0 Å². The van der Waals surface area contributed by atoms with Gasteiger partial charge in [-0.1, -0.05) is 24.1 Å². The molecule has 1 aromatic carbocycles. The number of nitrogens with zero attached hydrogens (tertiary/aromatic N) is 2. The van der Waals surface area contributed by atoms with Gasteiger partial charge in [0.05, 0.1) is 18.4 Å². The lowest BCUT2D eigenvalue weighted by molar-refractivity contribution is -0.0585. The van der Waals surface area contributed by atoms with Gasteiger partial charge in [-0.15, -0.1) is 11.3 Å². The van der Waals surface area contributed by atoms with Gasteiger partial charge in [0.15, 0.2) is 5.01 Å². The molecule has 3 rings (SSSR count). The lowest BCUT2D eigenvalue weighted by Crippen LogP contribution is -2.48. The second-order valence-electron chi connectivity index (χ2n) is 5.61. The minimum atomic E-state index is 0.0114. The number of carbonyl (C=O) groups excluding carboxylic acids is 1. The van der Waals surface area contributed by atoms with E-state index in [-0.39, 0.29) is 18.1 Å². The number of amides is 1. The van der Waals surface area contributed by atoms with Crippen LogP contribution in [-0.2, 0) is 4.74 Å². The van der Waals surface area contributed by atoms with Crippen LogP contribution in [0, 0.1) is 11.8 Å². The summed E-state index contributed by atoms with van der Waals surface area (Å²) in [4.78, 5) is 19.3. The van der Waals surface area contributed by atoms with Crippen molar-refractivity contribution < 1.29 is 9.53 Å². The largest absolute Gasteiger partial charge is 0.372 e. The van der Waals surface area contributed by atoms with Crippen LogP contribution in [0.15, 0.2) is 36.5 Å². The minimum Gasteiger partial charge on any atom is -0.372 e. The Balaban J connectivity index is 1.72. The molecule has 118 valence electrons. The molecule has 2 unspecified atom stereocenters. The summed E-state index contributed by atoms with van der Waals surface area (Å²) in [5.74, 6) is 6.09. The number of morpholine rings is 1. The van der Waals surface area contributed by atoms with Crippen molar-refractivity contribution in [1.29, 1.82) is 0 Å². The van der Waals surface area contributed by atoms with Crippen LogP contribution in [0.25, 0.3) is 0 Å². The minimum absolute atomic E-state index is 0.0114. The number of thiazole rings is 1. The van der Waals surface area contributed by atoms with E-state index in [0.29, 0.717) is 23.0 Å². The molecule has 1 aliphatic heterocycles. The van der Waals surface area contributed by atoms with Crippen LogP contribution in [0.1, 0.15) is 34.1 Å². The van der Waals surface area contributed by atoms with E-state index in [0.717, 1.165) is 5.56 Å². The highest BCUT2D eigenvalue weighted by atomic mass is 32.1. The summed E-state index contributed by atoms with van der Waals surface area (Å²) >= 11 is 1.34. The first kappa shape index (κ1) is 15.7. The fourth-order valence-corrected chi connectivity index (χ4v) is 3.32. The molecular weight excluding hydrogens is 308 g/mol. The third kappa shape index (κ3) is 3.98. The third-order valence-electron chi connectivity index (χ3n) is 3.51. The zero-order valence-corrected chi connectivity index (χ0v) is 14.0. The highest BCUT2D eigenvalue weighted by Crippen LogP contribution is 2.18. The van der Waals surface area contributed by atoms with Gasteiger partial charge < -0.3 is 9.64 Å². The molecule has 0 radical (unpaired) electrons. The van der Waals surface area contributed by atoms with Crippen LogP contribution in [0.5, 0.6) is 0 Å². The first-order valence-electron chi connectivity index (χ1n) is 7.59. The Morgan fingerprint density at radius 1 is 1.22 bits per heavy atom. The van der Waals surface area contributed by atoms with Gasteiger partial charge in [-0.05, 0) is 31.9 Å². The molecular formula is C18H18N2O2S. The van der Waals surface area contributed by atoms with Gasteiger partial charge in [-0.2, -0.15) is 0 Å². The molecule has 5 heteroatoms. The van der Waals surface area contributed by atoms with Gasteiger partial charge in [0, 0.05) is 18.7 Å². The first-order valence-corrected chi connectivity index (χ1v) is 8.41. The number of benzene rings is 1. The average molecular weight is 326 g/mol. The van der Waals surface area contributed by atoms with Crippen LogP contribution in [0.2, 0.25) is 0 Å². The van der Waals surface area contributed by atoms with Crippen molar-refractivity contribution in [3.63, 3.8) is 0 Å². The molecule has 0 saturated carbocycles. The molecule has 0 bridgehead atoms. The summed E-state index contributed by atoms with van der Waals surface area (Å²) in [6.45, 7) is 5.21. The van der Waals surface area contributed by atoms with Crippen LogP contribution in [0.3, 0.4) is 0 Å². The summed E-state index contributed by atoms with van der Waals surface area (Å²) in [7, 11) is 0. The summed E-state index contributed by atoms with van der Waals surface area (Å²) in [6, 6.07) is 9.74. The Labute approximate surface area is 140 Å². The van der Waals surface area contributed by atoms with E-state index in [1.807, 2.05) is 49.1 Å². The number of aromatic nitrogens is 1. The van der Waals surface area contributed by atoms with Crippen LogP contribution in [-0.4, -0.2) is 41.1 Å². The quantitative estimate of drug-likeness (QED) is 0.757. The van der Waals surface area contributed by atoms with Crippen molar-refractivity contribution in [2.24, 2.45) is 0 Å². The lowest BCUT2D eigenvalue weighted by Gasteiger charge is -2.34. The summed E-state index contributed by atoms with van der Waals surface area (Å²) < 4.78 is 5.67. The maximum atomic E-state index is 12.6. The van der Waals surface area contributed by atoms with Gasteiger partial charge >= 0.3 is 0 Å². The smallest absolute Gasteiger partial charge is 0.265 e. The molecule has 1 fully saturated rings. The zero-order chi connectivity index (χ0) is 16.2. The van der Waals surface area contributed by atoms with Gasteiger partial charge in [0.25, 0.3) is 5.91 Å². The van der Waals surface area contributed by atoms with E-state index in [2.05, 4.69) is 16.8 Å². The molecule has 0 spiro atoms. The first-order chi connectivity index (χ1) is 11.1. The van der Waals surface area contributed by atoms with E-state index in [1.54, 1.807) is 6.20 Å². The van der Waals surface area contributed by atoms with Gasteiger partial charge in [-0.3, -0.25) is 4.79 Å². The van der Waals surface area contributed by atoms with Crippen molar-refractivity contribution in [3.8, 4) is 11.8 Å². The predicted molar refractivity (Wildman–Crippen MR) is 90.4 cm³/mol. The highest BCUT2D eigenvalue weighted by Gasteiger charge is 2.27. The van der Waals surface area contributed by atoms with E-state index >= 15 is 0 Å². The van der Waals surface area contributed by atoms with E-state index in [9.17, 15) is 4.79 Å². The summed E-state index contributed by atoms with van der Waals surface area (Å²) in [6.07, 6.45) is 1.74. The Hall–Kier alpha value is -2.16. The van der Waals surface area contributed by atoms with Crippen molar-refractivity contribution in [1.82, 2.24) is 9.88 Å². The Bertz CT molecular complexity index is 735. The van der Waals surface area contributed by atoms with Crippen molar-refractivity contribution in [2.75, 3.05) is 13.1 Å². The maximum Gasteiger partial charge on any atom is 0.265 e.